The maximum Gasteiger partial charge on any atom is 0.271 e. The Hall–Kier alpha value is -4.96. The number of ether oxygens (including phenoxy) is 1. The van der Waals surface area contributed by atoms with Crippen molar-refractivity contribution in [2.75, 3.05) is 17.2 Å². The molecule has 0 fully saturated rings. The van der Waals surface area contributed by atoms with Crippen molar-refractivity contribution in [2.45, 2.75) is 20.0 Å². The molecule has 2 amide bonds. The molecular weight excluding hydrogens is 552 g/mol. The summed E-state index contributed by atoms with van der Waals surface area (Å²) in [6, 6.07) is 30.4. The third kappa shape index (κ3) is 8.77. The summed E-state index contributed by atoms with van der Waals surface area (Å²) in [6.07, 6.45) is 2.64. The van der Waals surface area contributed by atoms with Gasteiger partial charge < -0.3 is 10.1 Å². The van der Waals surface area contributed by atoms with Gasteiger partial charge in [-0.3, -0.25) is 13.9 Å². The predicted octanol–water partition coefficient (Wildman–Crippen LogP) is 4.42. The van der Waals surface area contributed by atoms with Crippen molar-refractivity contribution < 1.29 is 22.7 Å². The topological polar surface area (TPSA) is 117 Å². The highest BCUT2D eigenvalue weighted by Gasteiger charge is 2.19. The normalized spacial score (nSPS) is 11.2. The Balaban J connectivity index is 1.27. The third-order valence-electron chi connectivity index (χ3n) is 6.36. The first-order valence-corrected chi connectivity index (χ1v) is 15.0. The van der Waals surface area contributed by atoms with E-state index in [1.165, 1.54) is 10.5 Å². The van der Waals surface area contributed by atoms with Crippen LogP contribution in [0.4, 0.5) is 5.69 Å². The molecule has 0 saturated heterocycles. The Labute approximate surface area is 245 Å². The van der Waals surface area contributed by atoms with E-state index in [2.05, 4.69) is 15.8 Å². The van der Waals surface area contributed by atoms with Gasteiger partial charge in [-0.1, -0.05) is 54.6 Å². The number of hydrogen-bond donors (Lipinski definition) is 2. The van der Waals surface area contributed by atoms with E-state index >= 15 is 0 Å². The van der Waals surface area contributed by atoms with E-state index in [1.807, 2.05) is 61.5 Å². The number of carbonyl (C=O) groups is 2. The van der Waals surface area contributed by atoms with Gasteiger partial charge in [-0.05, 0) is 77.7 Å². The first-order valence-electron chi connectivity index (χ1n) is 13.2. The van der Waals surface area contributed by atoms with E-state index in [0.717, 1.165) is 22.9 Å². The van der Waals surface area contributed by atoms with Gasteiger partial charge in [0.05, 0.1) is 24.7 Å². The van der Waals surface area contributed by atoms with Gasteiger partial charge in [-0.25, -0.2) is 13.8 Å². The molecule has 4 rings (SSSR count). The molecule has 10 heteroatoms. The zero-order valence-corrected chi connectivity index (χ0v) is 24.2. The van der Waals surface area contributed by atoms with Gasteiger partial charge in [0.25, 0.3) is 11.8 Å². The molecule has 0 radical (unpaired) electrons. The summed E-state index contributed by atoms with van der Waals surface area (Å²) in [4.78, 5) is 24.6. The molecule has 0 atom stereocenters. The molecule has 0 aromatic heterocycles. The number of amides is 2. The van der Waals surface area contributed by atoms with Gasteiger partial charge in [0.15, 0.2) is 6.61 Å². The lowest BCUT2D eigenvalue weighted by Gasteiger charge is -2.23. The highest BCUT2D eigenvalue weighted by molar-refractivity contribution is 7.92. The summed E-state index contributed by atoms with van der Waals surface area (Å²) in [5, 5.41) is 6.81. The second kappa shape index (κ2) is 14.1. The molecule has 216 valence electrons. The average Bonchev–Trinajstić information content (AvgIpc) is 2.99. The summed E-state index contributed by atoms with van der Waals surface area (Å²) in [5.41, 5.74) is 6.86. The molecular formula is C32H32N4O5S. The second-order valence-corrected chi connectivity index (χ2v) is 11.5. The molecule has 0 aliphatic carbocycles. The largest absolute Gasteiger partial charge is 0.484 e. The zero-order valence-electron chi connectivity index (χ0n) is 23.4. The first kappa shape index (κ1) is 30.0. The molecule has 2 N–H and O–H groups in total. The van der Waals surface area contributed by atoms with Crippen LogP contribution in [0, 0.1) is 6.92 Å². The molecule has 4 aromatic carbocycles. The fourth-order valence-corrected chi connectivity index (χ4v) is 4.88. The van der Waals surface area contributed by atoms with Crippen molar-refractivity contribution >= 4 is 33.7 Å². The minimum absolute atomic E-state index is 0.108. The van der Waals surface area contributed by atoms with E-state index in [9.17, 15) is 18.0 Å². The molecule has 9 nitrogen and oxygen atoms in total. The number of aryl methyl sites for hydroxylation is 1. The molecule has 4 aromatic rings. The number of nitrogens with zero attached hydrogens (tertiary/aromatic N) is 2. The van der Waals surface area contributed by atoms with Crippen LogP contribution in [0.15, 0.2) is 108 Å². The molecule has 0 aliphatic rings. The lowest BCUT2D eigenvalue weighted by molar-refractivity contribution is -0.123. The highest BCUT2D eigenvalue weighted by Crippen LogP contribution is 2.22. The molecule has 0 unspecified atom stereocenters. The maximum absolute atomic E-state index is 12.6. The Morgan fingerprint density at radius 1 is 0.881 bits per heavy atom. The third-order valence-corrected chi connectivity index (χ3v) is 7.50. The van der Waals surface area contributed by atoms with E-state index < -0.39 is 15.9 Å². The fraction of sp³-hybridized carbons (Fsp3) is 0.156. The maximum atomic E-state index is 12.6. The first-order chi connectivity index (χ1) is 20.2. The number of nitrogens with one attached hydrogen (secondary N) is 2. The van der Waals surface area contributed by atoms with Crippen molar-refractivity contribution in [1.29, 1.82) is 0 Å². The summed E-state index contributed by atoms with van der Waals surface area (Å²) >= 11 is 0. The smallest absolute Gasteiger partial charge is 0.271 e. The molecule has 0 bridgehead atoms. The van der Waals surface area contributed by atoms with Crippen molar-refractivity contribution in [3.63, 3.8) is 0 Å². The fourth-order valence-electron chi connectivity index (χ4n) is 4.00. The van der Waals surface area contributed by atoms with Crippen molar-refractivity contribution in [2.24, 2.45) is 5.10 Å². The molecule has 0 spiro atoms. The Morgan fingerprint density at radius 3 is 2.21 bits per heavy atom. The van der Waals surface area contributed by atoms with Crippen LogP contribution < -0.4 is 19.8 Å². The van der Waals surface area contributed by atoms with Gasteiger partial charge >= 0.3 is 0 Å². The van der Waals surface area contributed by atoms with Crippen LogP contribution in [0.5, 0.6) is 5.75 Å². The average molecular weight is 585 g/mol. The van der Waals surface area contributed by atoms with Gasteiger partial charge in [-0.2, -0.15) is 5.10 Å². The number of anilines is 1. The quantitative estimate of drug-likeness (QED) is 0.189. The number of hydrazone groups is 1. The summed E-state index contributed by atoms with van der Waals surface area (Å²) < 4.78 is 31.9. The summed E-state index contributed by atoms with van der Waals surface area (Å²) in [7, 11) is -3.55. The molecule has 42 heavy (non-hydrogen) atoms. The number of carbonyl (C=O) groups excluding carboxylic acids is 2. The van der Waals surface area contributed by atoms with Gasteiger partial charge in [0.2, 0.25) is 10.0 Å². The monoisotopic (exact) mass is 584 g/mol. The van der Waals surface area contributed by atoms with E-state index in [-0.39, 0.29) is 19.1 Å². The van der Waals surface area contributed by atoms with Crippen molar-refractivity contribution in [3.05, 3.63) is 131 Å². The summed E-state index contributed by atoms with van der Waals surface area (Å²) in [6.45, 7) is 2.44. The van der Waals surface area contributed by atoms with Crippen molar-refractivity contribution in [3.8, 4) is 5.75 Å². The minimum Gasteiger partial charge on any atom is -0.484 e. The second-order valence-electron chi connectivity index (χ2n) is 9.56. The van der Waals surface area contributed by atoms with E-state index in [4.69, 9.17) is 4.74 Å². The number of sulfonamides is 1. The highest BCUT2D eigenvalue weighted by atomic mass is 32.2. The predicted molar refractivity (Wildman–Crippen MR) is 164 cm³/mol. The van der Waals surface area contributed by atoms with Crippen LogP contribution in [0.2, 0.25) is 0 Å². The molecule has 0 aliphatic heterocycles. The summed E-state index contributed by atoms with van der Waals surface area (Å²) in [5.74, 6) is -0.142. The zero-order chi connectivity index (χ0) is 30.0. The Bertz CT molecular complexity index is 1640. The van der Waals surface area contributed by atoms with Gasteiger partial charge in [0, 0.05) is 12.1 Å². The SMILES string of the molecule is Cc1ccccc1CN(c1ccc(C(=O)N/N=C\c2ccc(OCC(=O)NCc3ccccc3)cc2)cc1)S(C)(=O)=O. The van der Waals surface area contributed by atoms with E-state index in [1.54, 1.807) is 48.5 Å². The Kier molecular flexibility index (Phi) is 10.1. The van der Waals surface area contributed by atoms with Gasteiger partial charge in [-0.15, -0.1) is 0 Å². The van der Waals surface area contributed by atoms with Crippen LogP contribution in [-0.2, 0) is 27.9 Å². The Morgan fingerprint density at radius 2 is 1.55 bits per heavy atom. The van der Waals surface area contributed by atoms with Crippen LogP contribution in [0.25, 0.3) is 0 Å². The number of benzene rings is 4. The van der Waals surface area contributed by atoms with Gasteiger partial charge in [0.1, 0.15) is 5.75 Å². The van der Waals surface area contributed by atoms with Crippen LogP contribution in [0.3, 0.4) is 0 Å². The van der Waals surface area contributed by atoms with E-state index in [0.29, 0.717) is 29.1 Å². The minimum atomic E-state index is -3.55. The number of rotatable bonds is 12. The van der Waals surface area contributed by atoms with Crippen LogP contribution in [-0.4, -0.2) is 39.3 Å². The lowest BCUT2D eigenvalue weighted by Crippen LogP contribution is -2.29. The van der Waals surface area contributed by atoms with Crippen LogP contribution in [0.1, 0.15) is 32.6 Å². The van der Waals surface area contributed by atoms with Crippen molar-refractivity contribution in [1.82, 2.24) is 10.7 Å². The lowest BCUT2D eigenvalue weighted by atomic mass is 10.1. The molecule has 0 saturated carbocycles. The number of hydrogen-bond acceptors (Lipinski definition) is 6. The van der Waals surface area contributed by atoms with Crippen LogP contribution >= 0.6 is 0 Å². The standard InChI is InChI=1S/C32H32N4O5S/c1-24-8-6-7-11-28(24)22-36(42(2,39)40)29-16-14-27(15-17-29)32(38)35-34-21-26-12-18-30(19-13-26)41-23-31(37)33-20-25-9-4-3-5-10-25/h3-19,21H,20,22-23H2,1-2H3,(H,33,37)(H,35,38)/b34-21-. The molecule has 0 heterocycles.